The fraction of sp³-hybridized carbons (Fsp3) is 0.600. The molecule has 17 heavy (non-hydrogen) atoms. The van der Waals surface area contributed by atoms with E-state index in [2.05, 4.69) is 35.6 Å². The highest BCUT2D eigenvalue weighted by atomic mass is 16.5. The number of ether oxygens (including phenoxy) is 1. The summed E-state index contributed by atoms with van der Waals surface area (Å²) in [6.07, 6.45) is 6.71. The van der Waals surface area contributed by atoms with E-state index in [1.54, 1.807) is 0 Å². The van der Waals surface area contributed by atoms with Crippen molar-refractivity contribution in [3.05, 3.63) is 35.9 Å². The zero-order valence-electron chi connectivity index (χ0n) is 10.3. The van der Waals surface area contributed by atoms with Crippen LogP contribution in [0.5, 0.6) is 0 Å². The molecule has 1 saturated carbocycles. The van der Waals surface area contributed by atoms with Crippen molar-refractivity contribution in [1.29, 1.82) is 0 Å². The Morgan fingerprint density at radius 2 is 1.82 bits per heavy atom. The lowest BCUT2D eigenvalue weighted by molar-refractivity contribution is -0.135. The van der Waals surface area contributed by atoms with E-state index in [0.29, 0.717) is 0 Å². The second-order valence-corrected chi connectivity index (χ2v) is 5.39. The lowest BCUT2D eigenvalue weighted by atomic mass is 9.83. The second kappa shape index (κ2) is 4.79. The molecule has 2 nitrogen and oxygen atoms in total. The van der Waals surface area contributed by atoms with E-state index < -0.39 is 0 Å². The third-order valence-electron chi connectivity index (χ3n) is 4.11. The molecule has 1 N–H and O–H groups in total. The molecule has 2 aliphatic rings. The van der Waals surface area contributed by atoms with Crippen LogP contribution < -0.4 is 5.32 Å². The molecule has 2 heteroatoms. The smallest absolute Gasteiger partial charge is 0.0957 e. The van der Waals surface area contributed by atoms with Gasteiger partial charge in [0.2, 0.25) is 0 Å². The summed E-state index contributed by atoms with van der Waals surface area (Å²) in [4.78, 5) is 0. The molecule has 1 aliphatic carbocycles. The summed E-state index contributed by atoms with van der Waals surface area (Å²) in [5.41, 5.74) is 1.43. The van der Waals surface area contributed by atoms with E-state index in [4.69, 9.17) is 4.74 Å². The van der Waals surface area contributed by atoms with Crippen molar-refractivity contribution in [2.45, 2.75) is 43.8 Å². The second-order valence-electron chi connectivity index (χ2n) is 5.39. The maximum Gasteiger partial charge on any atom is 0.0957 e. The maximum absolute atomic E-state index is 6.44. The largest absolute Gasteiger partial charge is 0.364 e. The standard InChI is InChI=1S/C15H21NO/c1-3-7-13(8-4-1)14-11-16-12-15(17-14)9-5-2-6-10-15/h1,3-4,7-8,14,16H,2,5-6,9-12H2. The normalized spacial score (nSPS) is 28.1. The van der Waals surface area contributed by atoms with Crippen LogP contribution in [0.1, 0.15) is 43.8 Å². The van der Waals surface area contributed by atoms with E-state index in [1.165, 1.54) is 37.7 Å². The molecule has 1 saturated heterocycles. The van der Waals surface area contributed by atoms with Gasteiger partial charge in [0.05, 0.1) is 11.7 Å². The Morgan fingerprint density at radius 3 is 2.59 bits per heavy atom. The van der Waals surface area contributed by atoms with Gasteiger partial charge in [-0.2, -0.15) is 0 Å². The van der Waals surface area contributed by atoms with Crippen molar-refractivity contribution < 1.29 is 4.74 Å². The Bertz CT molecular complexity index is 351. The Balaban J connectivity index is 1.75. The van der Waals surface area contributed by atoms with Crippen molar-refractivity contribution in [3.8, 4) is 0 Å². The number of nitrogens with one attached hydrogen (secondary N) is 1. The van der Waals surface area contributed by atoms with Gasteiger partial charge in [-0.3, -0.25) is 0 Å². The van der Waals surface area contributed by atoms with Crippen LogP contribution in [0, 0.1) is 0 Å². The topological polar surface area (TPSA) is 21.3 Å². The molecular formula is C15H21NO. The van der Waals surface area contributed by atoms with E-state index in [1.807, 2.05) is 0 Å². The van der Waals surface area contributed by atoms with Crippen LogP contribution >= 0.6 is 0 Å². The number of hydrogen-bond donors (Lipinski definition) is 1. The molecule has 1 aromatic carbocycles. The van der Waals surface area contributed by atoms with E-state index in [-0.39, 0.29) is 11.7 Å². The van der Waals surface area contributed by atoms with Crippen LogP contribution in [0.15, 0.2) is 30.3 Å². The van der Waals surface area contributed by atoms with Crippen LogP contribution in [-0.4, -0.2) is 18.7 Å². The number of benzene rings is 1. The van der Waals surface area contributed by atoms with E-state index in [0.717, 1.165) is 13.1 Å². The minimum atomic E-state index is 0.122. The van der Waals surface area contributed by atoms with Crippen LogP contribution in [-0.2, 0) is 4.74 Å². The third kappa shape index (κ3) is 2.38. The molecule has 3 rings (SSSR count). The Hall–Kier alpha value is -0.860. The van der Waals surface area contributed by atoms with Crippen molar-refractivity contribution in [3.63, 3.8) is 0 Å². The molecule has 1 unspecified atom stereocenters. The van der Waals surface area contributed by atoms with E-state index >= 15 is 0 Å². The quantitative estimate of drug-likeness (QED) is 0.802. The first kappa shape index (κ1) is 11.2. The molecule has 92 valence electrons. The highest BCUT2D eigenvalue weighted by Crippen LogP contribution is 2.37. The lowest BCUT2D eigenvalue weighted by Gasteiger charge is -2.44. The molecule has 1 atom stereocenters. The van der Waals surface area contributed by atoms with Gasteiger partial charge >= 0.3 is 0 Å². The molecule has 1 spiro atoms. The fourth-order valence-corrected chi connectivity index (χ4v) is 3.16. The van der Waals surface area contributed by atoms with Gasteiger partial charge < -0.3 is 10.1 Å². The molecule has 0 aromatic heterocycles. The summed E-state index contributed by atoms with van der Waals surface area (Å²) in [7, 11) is 0. The van der Waals surface area contributed by atoms with Crippen molar-refractivity contribution in [2.75, 3.05) is 13.1 Å². The zero-order chi connectivity index (χ0) is 11.6. The molecule has 1 heterocycles. The number of morpholine rings is 1. The maximum atomic E-state index is 6.44. The van der Waals surface area contributed by atoms with Gasteiger partial charge in [0, 0.05) is 13.1 Å². The molecule has 2 fully saturated rings. The van der Waals surface area contributed by atoms with Crippen LogP contribution in [0.25, 0.3) is 0 Å². The predicted octanol–water partition coefficient (Wildman–Crippen LogP) is 3.05. The summed E-state index contributed by atoms with van der Waals surface area (Å²) >= 11 is 0. The van der Waals surface area contributed by atoms with E-state index in [9.17, 15) is 0 Å². The first-order chi connectivity index (χ1) is 8.38. The van der Waals surface area contributed by atoms with Gasteiger partial charge in [-0.1, -0.05) is 49.6 Å². The predicted molar refractivity (Wildman–Crippen MR) is 69.0 cm³/mol. The SMILES string of the molecule is c1ccc(C2CNCC3(CCCCC3)O2)cc1. The molecular weight excluding hydrogens is 210 g/mol. The van der Waals surface area contributed by atoms with Gasteiger partial charge in [-0.25, -0.2) is 0 Å². The molecule has 1 aromatic rings. The van der Waals surface area contributed by atoms with Gasteiger partial charge in [-0.15, -0.1) is 0 Å². The molecule has 1 aliphatic heterocycles. The first-order valence-electron chi connectivity index (χ1n) is 6.82. The monoisotopic (exact) mass is 231 g/mol. The summed E-state index contributed by atoms with van der Waals surface area (Å²) in [5.74, 6) is 0. The van der Waals surface area contributed by atoms with Crippen molar-refractivity contribution >= 4 is 0 Å². The minimum Gasteiger partial charge on any atom is -0.364 e. The summed E-state index contributed by atoms with van der Waals surface area (Å²) < 4.78 is 6.44. The number of rotatable bonds is 1. The molecule has 0 radical (unpaired) electrons. The van der Waals surface area contributed by atoms with Gasteiger partial charge in [0.15, 0.2) is 0 Å². The molecule has 0 bridgehead atoms. The van der Waals surface area contributed by atoms with Crippen molar-refractivity contribution in [2.24, 2.45) is 0 Å². The van der Waals surface area contributed by atoms with Gasteiger partial charge in [-0.05, 0) is 18.4 Å². The van der Waals surface area contributed by atoms with Crippen LogP contribution in [0.4, 0.5) is 0 Å². The van der Waals surface area contributed by atoms with Crippen LogP contribution in [0.2, 0.25) is 0 Å². The lowest BCUT2D eigenvalue weighted by Crippen LogP contribution is -2.51. The molecule has 0 amide bonds. The highest BCUT2D eigenvalue weighted by molar-refractivity contribution is 5.19. The van der Waals surface area contributed by atoms with Gasteiger partial charge in [0.25, 0.3) is 0 Å². The Kier molecular flexibility index (Phi) is 3.17. The highest BCUT2D eigenvalue weighted by Gasteiger charge is 2.38. The summed E-state index contributed by atoms with van der Waals surface area (Å²) in [6.45, 7) is 1.99. The zero-order valence-corrected chi connectivity index (χ0v) is 10.3. The Morgan fingerprint density at radius 1 is 1.06 bits per heavy atom. The average molecular weight is 231 g/mol. The summed E-state index contributed by atoms with van der Waals surface area (Å²) in [6, 6.07) is 10.6. The average Bonchev–Trinajstić information content (AvgIpc) is 2.41. The van der Waals surface area contributed by atoms with Gasteiger partial charge in [0.1, 0.15) is 0 Å². The Labute approximate surface area is 103 Å². The number of hydrogen-bond acceptors (Lipinski definition) is 2. The van der Waals surface area contributed by atoms with Crippen molar-refractivity contribution in [1.82, 2.24) is 5.32 Å². The third-order valence-corrected chi connectivity index (χ3v) is 4.11. The fourth-order valence-electron chi connectivity index (χ4n) is 3.16. The first-order valence-corrected chi connectivity index (χ1v) is 6.82. The van der Waals surface area contributed by atoms with Crippen LogP contribution in [0.3, 0.4) is 0 Å². The summed E-state index contributed by atoms with van der Waals surface area (Å²) in [5, 5.41) is 3.57. The minimum absolute atomic E-state index is 0.122.